The lowest BCUT2D eigenvalue weighted by molar-refractivity contribution is 0.0916. The molecule has 112 valence electrons. The summed E-state index contributed by atoms with van der Waals surface area (Å²) in [6.45, 7) is 4.13. The number of carbonyl (C=O) groups is 1. The highest BCUT2D eigenvalue weighted by molar-refractivity contribution is 5.94. The molecule has 0 aliphatic rings. The Balaban J connectivity index is 2.06. The molecular weight excluding hydrogens is 266 g/mol. The number of nitrogens with one attached hydrogen (secondary N) is 1. The van der Waals surface area contributed by atoms with Gasteiger partial charge in [-0.2, -0.15) is 0 Å². The molecule has 5 heteroatoms. The number of nitrogens with zero attached hydrogens (tertiary/aromatic N) is 2. The van der Waals surface area contributed by atoms with Gasteiger partial charge in [0.15, 0.2) is 0 Å². The fourth-order valence-corrected chi connectivity index (χ4v) is 2.16. The van der Waals surface area contributed by atoms with Crippen molar-refractivity contribution in [1.82, 2.24) is 14.9 Å². The quantitative estimate of drug-likeness (QED) is 0.854. The Hall–Kier alpha value is -2.14. The molecule has 1 aromatic carbocycles. The van der Waals surface area contributed by atoms with Crippen molar-refractivity contribution in [1.29, 1.82) is 0 Å². The molecule has 1 amide bonds. The third kappa shape index (κ3) is 3.92. The highest BCUT2D eigenvalue weighted by atomic mass is 16.3. The molecular formula is C16H21N3O2. The van der Waals surface area contributed by atoms with Crippen LogP contribution in [0.4, 0.5) is 0 Å². The Morgan fingerprint density at radius 2 is 2.05 bits per heavy atom. The van der Waals surface area contributed by atoms with Crippen molar-refractivity contribution < 1.29 is 9.90 Å². The van der Waals surface area contributed by atoms with Crippen LogP contribution >= 0.6 is 0 Å². The van der Waals surface area contributed by atoms with E-state index in [2.05, 4.69) is 10.3 Å². The second-order valence-electron chi connectivity index (χ2n) is 5.35. The lowest BCUT2D eigenvalue weighted by atomic mass is 10.0. The molecule has 1 heterocycles. The van der Waals surface area contributed by atoms with Crippen LogP contribution in [0.25, 0.3) is 5.69 Å². The lowest BCUT2D eigenvalue weighted by Gasteiger charge is -2.21. The molecule has 0 bridgehead atoms. The average Bonchev–Trinajstić information content (AvgIpc) is 3.01. The zero-order valence-electron chi connectivity index (χ0n) is 12.4. The summed E-state index contributed by atoms with van der Waals surface area (Å²) in [5, 5.41) is 12.0. The second-order valence-corrected chi connectivity index (χ2v) is 5.35. The number of rotatable bonds is 6. The van der Waals surface area contributed by atoms with Gasteiger partial charge in [0.05, 0.1) is 6.33 Å². The van der Waals surface area contributed by atoms with E-state index in [0.29, 0.717) is 12.0 Å². The molecule has 0 radical (unpaired) electrons. The number of aliphatic hydroxyl groups is 1. The molecule has 2 N–H and O–H groups in total. The highest BCUT2D eigenvalue weighted by Crippen LogP contribution is 2.11. The largest absolute Gasteiger partial charge is 0.396 e. The van der Waals surface area contributed by atoms with Crippen LogP contribution in [-0.2, 0) is 0 Å². The second kappa shape index (κ2) is 7.04. The number of imidazole rings is 1. The van der Waals surface area contributed by atoms with Crippen LogP contribution in [0.2, 0.25) is 0 Å². The van der Waals surface area contributed by atoms with E-state index in [9.17, 15) is 4.79 Å². The first-order valence-electron chi connectivity index (χ1n) is 7.12. The summed E-state index contributed by atoms with van der Waals surface area (Å²) in [5.41, 5.74) is 1.57. The first-order valence-corrected chi connectivity index (χ1v) is 7.12. The van der Waals surface area contributed by atoms with Crippen LogP contribution in [0.5, 0.6) is 0 Å². The predicted molar refractivity (Wildman–Crippen MR) is 81.4 cm³/mol. The Morgan fingerprint density at radius 3 is 2.57 bits per heavy atom. The van der Waals surface area contributed by atoms with E-state index in [4.69, 9.17) is 5.11 Å². The maximum absolute atomic E-state index is 12.2. The summed E-state index contributed by atoms with van der Waals surface area (Å²) in [4.78, 5) is 16.2. The van der Waals surface area contributed by atoms with Gasteiger partial charge >= 0.3 is 0 Å². The number of aliphatic hydroxyl groups excluding tert-OH is 1. The molecule has 0 fully saturated rings. The molecule has 1 atom stereocenters. The normalized spacial score (nSPS) is 12.4. The maximum atomic E-state index is 12.2. The molecule has 0 aliphatic heterocycles. The maximum Gasteiger partial charge on any atom is 0.251 e. The van der Waals surface area contributed by atoms with Crippen LogP contribution in [-0.4, -0.2) is 33.2 Å². The Labute approximate surface area is 124 Å². The van der Waals surface area contributed by atoms with Gasteiger partial charge in [-0.25, -0.2) is 4.98 Å². The van der Waals surface area contributed by atoms with E-state index < -0.39 is 0 Å². The van der Waals surface area contributed by atoms with Crippen LogP contribution in [0.1, 0.15) is 30.6 Å². The van der Waals surface area contributed by atoms with Crippen molar-refractivity contribution >= 4 is 5.91 Å². The minimum absolute atomic E-state index is 0.0178. The van der Waals surface area contributed by atoms with Gasteiger partial charge in [0.1, 0.15) is 0 Å². The van der Waals surface area contributed by atoms with Crippen LogP contribution in [0.15, 0.2) is 43.0 Å². The molecule has 2 rings (SSSR count). The average molecular weight is 287 g/mol. The molecule has 0 aliphatic carbocycles. The highest BCUT2D eigenvalue weighted by Gasteiger charge is 2.16. The fraction of sp³-hybridized carbons (Fsp3) is 0.375. The van der Waals surface area contributed by atoms with E-state index >= 15 is 0 Å². The number of benzene rings is 1. The summed E-state index contributed by atoms with van der Waals surface area (Å²) in [6.07, 6.45) is 5.84. The number of aromatic nitrogens is 2. The minimum atomic E-state index is -0.112. The van der Waals surface area contributed by atoms with Crippen molar-refractivity contribution in [3.63, 3.8) is 0 Å². The third-order valence-corrected chi connectivity index (χ3v) is 3.49. The lowest BCUT2D eigenvalue weighted by Crippen LogP contribution is -2.39. The van der Waals surface area contributed by atoms with E-state index in [1.54, 1.807) is 24.7 Å². The first kappa shape index (κ1) is 15.3. The van der Waals surface area contributed by atoms with E-state index in [1.165, 1.54) is 0 Å². The van der Waals surface area contributed by atoms with E-state index in [0.717, 1.165) is 5.69 Å². The fourth-order valence-electron chi connectivity index (χ4n) is 2.16. The Bertz CT molecular complexity index is 562. The van der Waals surface area contributed by atoms with Gasteiger partial charge in [-0.05, 0) is 36.6 Å². The summed E-state index contributed by atoms with van der Waals surface area (Å²) in [5.74, 6) is 0.172. The Kier molecular flexibility index (Phi) is 5.11. The Morgan fingerprint density at radius 1 is 1.33 bits per heavy atom. The van der Waals surface area contributed by atoms with Gasteiger partial charge in [-0.3, -0.25) is 4.79 Å². The van der Waals surface area contributed by atoms with Crippen LogP contribution in [0.3, 0.4) is 0 Å². The third-order valence-electron chi connectivity index (χ3n) is 3.49. The van der Waals surface area contributed by atoms with Gasteiger partial charge in [0.2, 0.25) is 0 Å². The molecule has 5 nitrogen and oxygen atoms in total. The minimum Gasteiger partial charge on any atom is -0.396 e. The van der Waals surface area contributed by atoms with Crippen molar-refractivity contribution in [2.24, 2.45) is 5.92 Å². The standard InChI is InChI=1S/C16H21N3O2/c1-12(2)15(7-10-20)18-16(21)13-3-5-14(6-4-13)19-9-8-17-11-19/h3-6,8-9,11-12,15,20H,7,10H2,1-2H3,(H,18,21). The monoisotopic (exact) mass is 287 g/mol. The number of carbonyl (C=O) groups excluding carboxylic acids is 1. The van der Waals surface area contributed by atoms with Crippen molar-refractivity contribution in [3.05, 3.63) is 48.5 Å². The molecule has 0 saturated carbocycles. The smallest absolute Gasteiger partial charge is 0.251 e. The van der Waals surface area contributed by atoms with Gasteiger partial charge in [0, 0.05) is 36.3 Å². The van der Waals surface area contributed by atoms with Gasteiger partial charge < -0.3 is 15.0 Å². The van der Waals surface area contributed by atoms with Gasteiger partial charge in [-0.1, -0.05) is 13.8 Å². The first-order chi connectivity index (χ1) is 10.1. The molecule has 0 spiro atoms. The SMILES string of the molecule is CC(C)C(CCO)NC(=O)c1ccc(-n2ccnc2)cc1. The van der Waals surface area contributed by atoms with Crippen LogP contribution in [0, 0.1) is 5.92 Å². The zero-order valence-corrected chi connectivity index (χ0v) is 12.4. The van der Waals surface area contributed by atoms with Gasteiger partial charge in [-0.15, -0.1) is 0 Å². The van der Waals surface area contributed by atoms with Gasteiger partial charge in [0.25, 0.3) is 5.91 Å². The predicted octanol–water partition coefficient (Wildman–Crippen LogP) is 2.01. The van der Waals surface area contributed by atoms with E-state index in [-0.39, 0.29) is 24.5 Å². The van der Waals surface area contributed by atoms with Crippen molar-refractivity contribution in [2.45, 2.75) is 26.3 Å². The summed E-state index contributed by atoms with van der Waals surface area (Å²) in [6, 6.07) is 7.33. The molecule has 0 saturated heterocycles. The number of hydrogen-bond donors (Lipinski definition) is 2. The summed E-state index contributed by atoms with van der Waals surface area (Å²) in [7, 11) is 0. The molecule has 1 unspecified atom stereocenters. The molecule has 21 heavy (non-hydrogen) atoms. The summed E-state index contributed by atoms with van der Waals surface area (Å²) < 4.78 is 1.88. The summed E-state index contributed by atoms with van der Waals surface area (Å²) >= 11 is 0. The van der Waals surface area contributed by atoms with E-state index in [1.807, 2.05) is 36.7 Å². The van der Waals surface area contributed by atoms with Crippen LogP contribution < -0.4 is 5.32 Å². The molecule has 1 aromatic heterocycles. The zero-order chi connectivity index (χ0) is 15.2. The number of amides is 1. The number of hydrogen-bond acceptors (Lipinski definition) is 3. The topological polar surface area (TPSA) is 67.2 Å². The molecule has 2 aromatic rings. The van der Waals surface area contributed by atoms with Crippen molar-refractivity contribution in [2.75, 3.05) is 6.61 Å². The van der Waals surface area contributed by atoms with Crippen molar-refractivity contribution in [3.8, 4) is 5.69 Å².